The summed E-state index contributed by atoms with van der Waals surface area (Å²) in [5.41, 5.74) is 0.912. The Labute approximate surface area is 314 Å². The number of halogens is 1. The molecule has 1 saturated carbocycles. The second-order valence-corrected chi connectivity index (χ2v) is 15.0. The van der Waals surface area contributed by atoms with E-state index in [9.17, 15) is 19.8 Å². The highest BCUT2D eigenvalue weighted by Crippen LogP contribution is 2.43. The SMILES string of the molecule is C[C@H](NC(=O)NC1CCC(CC[N+]2(C)[C@@H]3CC[C@H]2CC(OC(=O)C(CO)c2ccccc2)C3)CC1)C(O)(c1ccccc1)c1ccccc1.[I-]. The molecule has 50 heavy (non-hydrogen) atoms. The Kier molecular flexibility index (Phi) is 13.0. The number of piperidine rings is 1. The zero-order chi connectivity index (χ0) is 34.4. The van der Waals surface area contributed by atoms with Gasteiger partial charge in [-0.15, -0.1) is 0 Å². The molecule has 2 aliphatic heterocycles. The molecule has 2 heterocycles. The maximum atomic E-state index is 13.2. The molecule has 4 N–H and O–H groups in total. The normalized spacial score (nSPS) is 27.3. The lowest BCUT2D eigenvalue weighted by Crippen LogP contribution is -3.00. The molecule has 6 rings (SSSR count). The molecule has 0 aromatic heterocycles. The van der Waals surface area contributed by atoms with E-state index in [1.54, 1.807) is 0 Å². The van der Waals surface area contributed by atoms with Crippen molar-refractivity contribution < 1.29 is 53.0 Å². The quantitative estimate of drug-likeness (QED) is 0.128. The van der Waals surface area contributed by atoms with E-state index in [1.165, 1.54) is 19.3 Å². The Morgan fingerprint density at radius 1 is 0.840 bits per heavy atom. The number of nitrogens with one attached hydrogen (secondary N) is 2. The van der Waals surface area contributed by atoms with Gasteiger partial charge in [0.2, 0.25) is 0 Å². The second-order valence-electron chi connectivity index (χ2n) is 15.0. The maximum absolute atomic E-state index is 13.2. The fourth-order valence-electron chi connectivity index (χ4n) is 9.04. The first kappa shape index (κ1) is 38.2. The average molecular weight is 796 g/mol. The van der Waals surface area contributed by atoms with E-state index in [0.29, 0.717) is 18.0 Å². The predicted molar refractivity (Wildman–Crippen MR) is 191 cm³/mol. The van der Waals surface area contributed by atoms with Crippen molar-refractivity contribution in [1.29, 1.82) is 0 Å². The van der Waals surface area contributed by atoms with E-state index >= 15 is 0 Å². The monoisotopic (exact) mass is 795 g/mol. The number of nitrogens with zero attached hydrogens (tertiary/aromatic N) is 1. The second kappa shape index (κ2) is 17.0. The van der Waals surface area contributed by atoms with Gasteiger partial charge in [0.1, 0.15) is 17.6 Å². The zero-order valence-electron chi connectivity index (χ0n) is 29.4. The Morgan fingerprint density at radius 2 is 1.36 bits per heavy atom. The van der Waals surface area contributed by atoms with Gasteiger partial charge in [-0.2, -0.15) is 0 Å². The van der Waals surface area contributed by atoms with Gasteiger partial charge in [0.15, 0.2) is 0 Å². The molecule has 3 aromatic rings. The molecule has 3 aliphatic rings. The molecule has 6 atom stereocenters. The van der Waals surface area contributed by atoms with Crippen molar-refractivity contribution in [2.75, 3.05) is 20.2 Å². The Morgan fingerprint density at radius 3 is 1.88 bits per heavy atom. The molecule has 8 nitrogen and oxygen atoms in total. The first-order chi connectivity index (χ1) is 23.7. The van der Waals surface area contributed by atoms with Crippen LogP contribution in [0.4, 0.5) is 4.79 Å². The zero-order valence-corrected chi connectivity index (χ0v) is 31.6. The van der Waals surface area contributed by atoms with Crippen molar-refractivity contribution in [3.05, 3.63) is 108 Å². The number of amides is 2. The number of aliphatic hydroxyl groups is 2. The first-order valence-electron chi connectivity index (χ1n) is 18.3. The molecule has 2 amide bonds. The molecule has 2 bridgehead atoms. The lowest BCUT2D eigenvalue weighted by molar-refractivity contribution is -0.949. The molecule has 0 spiro atoms. The van der Waals surface area contributed by atoms with Crippen molar-refractivity contribution in [3.63, 3.8) is 0 Å². The number of rotatable bonds is 12. The number of urea groups is 1. The van der Waals surface area contributed by atoms with Gasteiger partial charge in [-0.1, -0.05) is 91.0 Å². The fourth-order valence-corrected chi connectivity index (χ4v) is 9.04. The first-order valence-corrected chi connectivity index (χ1v) is 18.3. The van der Waals surface area contributed by atoms with Crippen LogP contribution in [0.15, 0.2) is 91.0 Å². The van der Waals surface area contributed by atoms with Crippen LogP contribution in [-0.2, 0) is 15.1 Å². The average Bonchev–Trinajstić information content (AvgIpc) is 3.26. The number of hydrogen-bond acceptors (Lipinski definition) is 5. The predicted octanol–water partition coefficient (Wildman–Crippen LogP) is 3.02. The van der Waals surface area contributed by atoms with Crippen molar-refractivity contribution in [2.45, 2.75) is 107 Å². The van der Waals surface area contributed by atoms with Gasteiger partial charge in [0.05, 0.1) is 38.3 Å². The van der Waals surface area contributed by atoms with E-state index < -0.39 is 17.6 Å². The van der Waals surface area contributed by atoms with Crippen molar-refractivity contribution >= 4 is 12.0 Å². The number of quaternary nitrogens is 1. The summed E-state index contributed by atoms with van der Waals surface area (Å²) in [7, 11) is 2.41. The Bertz CT molecular complexity index is 1470. The van der Waals surface area contributed by atoms with Crippen LogP contribution in [0.3, 0.4) is 0 Å². The number of hydrogen-bond donors (Lipinski definition) is 4. The molecule has 2 saturated heterocycles. The number of carbonyl (C=O) groups is 2. The van der Waals surface area contributed by atoms with Gasteiger partial charge in [0, 0.05) is 31.7 Å². The molecular formula is C41H54IN3O5. The van der Waals surface area contributed by atoms with E-state index in [4.69, 9.17) is 4.74 Å². The molecular weight excluding hydrogens is 741 g/mol. The number of aliphatic hydroxyl groups excluding tert-OH is 1. The van der Waals surface area contributed by atoms with E-state index in [-0.39, 0.29) is 54.7 Å². The molecule has 3 unspecified atom stereocenters. The summed E-state index contributed by atoms with van der Waals surface area (Å²) in [5, 5.41) is 28.2. The maximum Gasteiger partial charge on any atom is 0.316 e. The lowest BCUT2D eigenvalue weighted by Gasteiger charge is -2.47. The highest BCUT2D eigenvalue weighted by Gasteiger charge is 2.52. The number of esters is 1. The Balaban J connectivity index is 0.00000486. The van der Waals surface area contributed by atoms with Crippen LogP contribution in [0.5, 0.6) is 0 Å². The van der Waals surface area contributed by atoms with Crippen LogP contribution >= 0.6 is 0 Å². The van der Waals surface area contributed by atoms with Crippen molar-refractivity contribution in [2.24, 2.45) is 5.92 Å². The van der Waals surface area contributed by atoms with E-state index in [1.807, 2.05) is 97.9 Å². The number of fused-ring (bicyclic) bond motifs is 2. The summed E-state index contributed by atoms with van der Waals surface area (Å²) in [6, 6.07) is 28.8. The van der Waals surface area contributed by atoms with Gasteiger partial charge in [-0.05, 0) is 61.6 Å². The summed E-state index contributed by atoms with van der Waals surface area (Å²) < 4.78 is 7.11. The highest BCUT2D eigenvalue weighted by molar-refractivity contribution is 5.78. The number of benzene rings is 3. The van der Waals surface area contributed by atoms with Crippen LogP contribution in [0.25, 0.3) is 0 Å². The van der Waals surface area contributed by atoms with Crippen LogP contribution in [0, 0.1) is 5.92 Å². The molecule has 3 aromatic carbocycles. The minimum absolute atomic E-state index is 0. The third-order valence-electron chi connectivity index (χ3n) is 12.1. The number of carbonyl (C=O) groups excluding carboxylic acids is 2. The molecule has 3 fully saturated rings. The van der Waals surface area contributed by atoms with Gasteiger partial charge >= 0.3 is 12.0 Å². The van der Waals surface area contributed by atoms with Crippen LogP contribution in [0.2, 0.25) is 0 Å². The van der Waals surface area contributed by atoms with E-state index in [0.717, 1.165) is 66.2 Å². The largest absolute Gasteiger partial charge is 1.00 e. The van der Waals surface area contributed by atoms with Crippen molar-refractivity contribution in [1.82, 2.24) is 10.6 Å². The third-order valence-corrected chi connectivity index (χ3v) is 12.1. The smallest absolute Gasteiger partial charge is 0.316 e. The van der Waals surface area contributed by atoms with Gasteiger partial charge in [-0.3, -0.25) is 4.79 Å². The van der Waals surface area contributed by atoms with Crippen LogP contribution < -0.4 is 34.6 Å². The van der Waals surface area contributed by atoms with Crippen LogP contribution in [-0.4, -0.2) is 77.2 Å². The highest BCUT2D eigenvalue weighted by atomic mass is 127. The lowest BCUT2D eigenvalue weighted by atomic mass is 9.81. The Hall–Kier alpha value is -2.99. The summed E-state index contributed by atoms with van der Waals surface area (Å²) in [4.78, 5) is 26.3. The molecule has 270 valence electrons. The van der Waals surface area contributed by atoms with E-state index in [2.05, 4.69) is 17.7 Å². The topological polar surface area (TPSA) is 108 Å². The number of ether oxygens (including phenoxy) is 1. The summed E-state index contributed by atoms with van der Waals surface area (Å²) in [6.45, 7) is 2.75. The minimum Gasteiger partial charge on any atom is -1.00 e. The molecule has 0 radical (unpaired) electrons. The molecule has 1 aliphatic carbocycles. The summed E-state index contributed by atoms with van der Waals surface area (Å²) in [5.74, 6) is -0.305. The van der Waals surface area contributed by atoms with Gasteiger partial charge in [0.25, 0.3) is 0 Å². The minimum atomic E-state index is -1.36. The molecule has 9 heteroatoms. The van der Waals surface area contributed by atoms with Crippen LogP contribution in [0.1, 0.15) is 87.3 Å². The van der Waals surface area contributed by atoms with Gasteiger partial charge < -0.3 is 54.0 Å². The third kappa shape index (κ3) is 8.38. The summed E-state index contributed by atoms with van der Waals surface area (Å²) >= 11 is 0. The fraction of sp³-hybridized carbons (Fsp3) is 0.512. The van der Waals surface area contributed by atoms with Gasteiger partial charge in [-0.25, -0.2) is 4.79 Å². The van der Waals surface area contributed by atoms with Crippen molar-refractivity contribution in [3.8, 4) is 0 Å². The standard InChI is InChI=1S/C41H53N3O5.HI/c1-29(41(48,32-14-8-4-9-15-32)33-16-10-5-11-17-33)42-40(47)43-34-20-18-30(19-21-34)24-25-44(2)35-22-23-36(44)27-37(26-35)49-39(46)38(28-45)31-12-6-3-7-13-31;/h3-17,29-30,34-38,45,48H,18-28H2,1-2H3,(H-,42,43,47);1H/t29-,30?,34?,35-,36+,37?,38?,44?;/m0./s1. The summed E-state index contributed by atoms with van der Waals surface area (Å²) in [6.07, 6.45) is 9.31.